The van der Waals surface area contributed by atoms with Gasteiger partial charge in [0.1, 0.15) is 0 Å². The third-order valence-corrected chi connectivity index (χ3v) is 5.62. The van der Waals surface area contributed by atoms with Crippen LogP contribution in [0.4, 0.5) is 5.69 Å². The van der Waals surface area contributed by atoms with E-state index in [0.29, 0.717) is 5.56 Å². The average molecular weight is 375 g/mol. The number of nitrogens with one attached hydrogen (secondary N) is 2. The fourth-order valence-corrected chi connectivity index (χ4v) is 4.01. The summed E-state index contributed by atoms with van der Waals surface area (Å²) in [5, 5.41) is 2.94. The SMILES string of the molecule is Cc1cccc(C(C)C)c1NC(=O)c1cccc(S(=O)(=O)NC(C)C)c1. The Morgan fingerprint density at radius 1 is 1.00 bits per heavy atom. The van der Waals surface area contributed by atoms with Crippen molar-refractivity contribution in [3.05, 3.63) is 59.2 Å². The third-order valence-electron chi connectivity index (χ3n) is 3.96. The van der Waals surface area contributed by atoms with E-state index in [1.54, 1.807) is 26.0 Å². The Bertz CT molecular complexity index is 903. The predicted molar refractivity (Wildman–Crippen MR) is 105 cm³/mol. The van der Waals surface area contributed by atoms with E-state index < -0.39 is 10.0 Å². The van der Waals surface area contributed by atoms with E-state index in [2.05, 4.69) is 23.9 Å². The van der Waals surface area contributed by atoms with Crippen LogP contribution in [0.1, 0.15) is 55.1 Å². The van der Waals surface area contributed by atoms with Crippen LogP contribution < -0.4 is 10.0 Å². The third kappa shape index (κ3) is 4.71. The number of carbonyl (C=O) groups excluding carboxylic acids is 1. The number of benzene rings is 2. The van der Waals surface area contributed by atoms with Gasteiger partial charge in [0.05, 0.1) is 4.90 Å². The summed E-state index contributed by atoms with van der Waals surface area (Å²) in [6, 6.07) is 11.7. The first-order valence-electron chi connectivity index (χ1n) is 8.65. The van der Waals surface area contributed by atoms with E-state index in [1.165, 1.54) is 12.1 Å². The van der Waals surface area contributed by atoms with Gasteiger partial charge in [-0.2, -0.15) is 0 Å². The molecule has 0 aliphatic carbocycles. The summed E-state index contributed by atoms with van der Waals surface area (Å²) in [7, 11) is -3.65. The molecule has 0 aliphatic heterocycles. The summed E-state index contributed by atoms with van der Waals surface area (Å²) in [4.78, 5) is 12.8. The van der Waals surface area contributed by atoms with Crippen LogP contribution in [0, 0.1) is 6.92 Å². The molecule has 1 amide bonds. The number of para-hydroxylation sites is 1. The lowest BCUT2D eigenvalue weighted by molar-refractivity contribution is 0.102. The minimum atomic E-state index is -3.65. The van der Waals surface area contributed by atoms with Crippen molar-refractivity contribution in [1.29, 1.82) is 0 Å². The van der Waals surface area contributed by atoms with E-state index >= 15 is 0 Å². The van der Waals surface area contributed by atoms with Gasteiger partial charge < -0.3 is 5.32 Å². The van der Waals surface area contributed by atoms with Crippen LogP contribution in [0.2, 0.25) is 0 Å². The molecule has 140 valence electrons. The summed E-state index contributed by atoms with van der Waals surface area (Å²) >= 11 is 0. The second-order valence-corrected chi connectivity index (χ2v) is 8.67. The van der Waals surface area contributed by atoms with Crippen LogP contribution in [0.5, 0.6) is 0 Å². The lowest BCUT2D eigenvalue weighted by Crippen LogP contribution is -2.30. The van der Waals surface area contributed by atoms with Crippen LogP contribution in [0.3, 0.4) is 0 Å². The Balaban J connectivity index is 2.34. The number of amides is 1. The van der Waals surface area contributed by atoms with E-state index in [1.807, 2.05) is 25.1 Å². The molecule has 2 rings (SSSR count). The minimum Gasteiger partial charge on any atom is -0.321 e. The number of sulfonamides is 1. The Hall–Kier alpha value is -2.18. The molecule has 5 nitrogen and oxygen atoms in total. The molecule has 2 N–H and O–H groups in total. The highest BCUT2D eigenvalue weighted by atomic mass is 32.2. The largest absolute Gasteiger partial charge is 0.321 e. The van der Waals surface area contributed by atoms with Gasteiger partial charge in [0.2, 0.25) is 10.0 Å². The fourth-order valence-electron chi connectivity index (χ4n) is 2.71. The zero-order valence-electron chi connectivity index (χ0n) is 15.8. The van der Waals surface area contributed by atoms with Crippen molar-refractivity contribution in [2.45, 2.75) is 51.5 Å². The molecule has 0 atom stereocenters. The molecule has 0 aliphatic rings. The number of anilines is 1. The summed E-state index contributed by atoms with van der Waals surface area (Å²) in [5.74, 6) is -0.0741. The highest BCUT2D eigenvalue weighted by molar-refractivity contribution is 7.89. The Labute approximate surface area is 155 Å². The van der Waals surface area contributed by atoms with Crippen molar-refractivity contribution < 1.29 is 13.2 Å². The van der Waals surface area contributed by atoms with Gasteiger partial charge in [-0.15, -0.1) is 0 Å². The molecular formula is C20H26N2O3S. The van der Waals surface area contributed by atoms with Crippen molar-refractivity contribution in [2.24, 2.45) is 0 Å². The number of rotatable bonds is 6. The van der Waals surface area contributed by atoms with Crippen LogP contribution in [0.25, 0.3) is 0 Å². The molecule has 0 radical (unpaired) electrons. The van der Waals surface area contributed by atoms with Crippen molar-refractivity contribution in [1.82, 2.24) is 4.72 Å². The number of hydrogen-bond donors (Lipinski definition) is 2. The van der Waals surface area contributed by atoms with Crippen molar-refractivity contribution >= 4 is 21.6 Å². The summed E-state index contributed by atoms with van der Waals surface area (Å²) in [5.41, 5.74) is 3.09. The number of aryl methyl sites for hydroxylation is 1. The maximum Gasteiger partial charge on any atom is 0.255 e. The smallest absolute Gasteiger partial charge is 0.255 e. The van der Waals surface area contributed by atoms with Crippen LogP contribution in [0.15, 0.2) is 47.4 Å². The van der Waals surface area contributed by atoms with Gasteiger partial charge in [0.25, 0.3) is 5.91 Å². The lowest BCUT2D eigenvalue weighted by atomic mass is 9.98. The normalized spacial score (nSPS) is 11.8. The average Bonchev–Trinajstić information content (AvgIpc) is 2.55. The van der Waals surface area contributed by atoms with Crippen molar-refractivity contribution in [3.8, 4) is 0 Å². The minimum absolute atomic E-state index is 0.0766. The van der Waals surface area contributed by atoms with Gasteiger partial charge in [-0.05, 0) is 56.0 Å². The Morgan fingerprint density at radius 3 is 2.27 bits per heavy atom. The van der Waals surface area contributed by atoms with Crippen LogP contribution in [-0.2, 0) is 10.0 Å². The number of carbonyl (C=O) groups is 1. The van der Waals surface area contributed by atoms with Crippen LogP contribution in [-0.4, -0.2) is 20.4 Å². The molecule has 0 saturated heterocycles. The van der Waals surface area contributed by atoms with Crippen molar-refractivity contribution in [2.75, 3.05) is 5.32 Å². The van der Waals surface area contributed by atoms with E-state index in [9.17, 15) is 13.2 Å². The van der Waals surface area contributed by atoms with Gasteiger partial charge in [0, 0.05) is 17.3 Å². The Morgan fingerprint density at radius 2 is 1.65 bits per heavy atom. The van der Waals surface area contributed by atoms with E-state index in [-0.39, 0.29) is 22.8 Å². The van der Waals surface area contributed by atoms with Gasteiger partial charge in [-0.25, -0.2) is 13.1 Å². The van der Waals surface area contributed by atoms with E-state index in [0.717, 1.165) is 16.8 Å². The molecular weight excluding hydrogens is 348 g/mol. The fraction of sp³-hybridized carbons (Fsp3) is 0.350. The first kappa shape index (κ1) is 20.1. The highest BCUT2D eigenvalue weighted by Crippen LogP contribution is 2.28. The molecule has 26 heavy (non-hydrogen) atoms. The molecule has 2 aromatic rings. The quantitative estimate of drug-likeness (QED) is 0.801. The summed E-state index contributed by atoms with van der Waals surface area (Å²) in [6.07, 6.45) is 0. The first-order valence-corrected chi connectivity index (χ1v) is 10.1. The molecule has 0 bridgehead atoms. The summed E-state index contributed by atoms with van der Waals surface area (Å²) < 4.78 is 27.2. The zero-order valence-corrected chi connectivity index (χ0v) is 16.6. The van der Waals surface area contributed by atoms with E-state index in [4.69, 9.17) is 0 Å². The Kier molecular flexibility index (Phi) is 6.21. The van der Waals surface area contributed by atoms with Gasteiger partial charge in [0.15, 0.2) is 0 Å². The summed E-state index contributed by atoms with van der Waals surface area (Å²) in [6.45, 7) is 9.57. The van der Waals surface area contributed by atoms with Gasteiger partial charge in [-0.3, -0.25) is 4.79 Å². The lowest BCUT2D eigenvalue weighted by Gasteiger charge is -2.17. The predicted octanol–water partition coefficient (Wildman–Crippen LogP) is 4.06. The van der Waals surface area contributed by atoms with Crippen LogP contribution >= 0.6 is 0 Å². The second-order valence-electron chi connectivity index (χ2n) is 6.95. The molecule has 0 unspecified atom stereocenters. The maximum absolute atomic E-state index is 12.7. The molecule has 0 aromatic heterocycles. The molecule has 2 aromatic carbocycles. The second kappa shape index (κ2) is 8.01. The highest BCUT2D eigenvalue weighted by Gasteiger charge is 2.18. The van der Waals surface area contributed by atoms with Crippen molar-refractivity contribution in [3.63, 3.8) is 0 Å². The molecule has 0 fully saturated rings. The molecule has 6 heteroatoms. The maximum atomic E-state index is 12.7. The van der Waals surface area contributed by atoms with Gasteiger partial charge in [-0.1, -0.05) is 38.1 Å². The molecule has 0 saturated carbocycles. The molecule has 0 heterocycles. The van der Waals surface area contributed by atoms with Gasteiger partial charge >= 0.3 is 0 Å². The monoisotopic (exact) mass is 374 g/mol. The number of hydrogen-bond acceptors (Lipinski definition) is 3. The molecule has 0 spiro atoms. The zero-order chi connectivity index (χ0) is 19.5. The standard InChI is InChI=1S/C20H26N2O3S/c1-13(2)18-11-6-8-15(5)19(18)21-20(23)16-9-7-10-17(12-16)26(24,25)22-14(3)4/h6-14,22H,1-5H3,(H,21,23). The topological polar surface area (TPSA) is 75.3 Å². The first-order chi connectivity index (χ1) is 12.1.